The monoisotopic (exact) mass is 157 g/mol. The SMILES string of the molecule is CNC(=O)[C@H]1CCCC[C@H]1O. The number of carbonyl (C=O) groups excluding carboxylic acids is 1. The van der Waals surface area contributed by atoms with Crippen molar-refractivity contribution >= 4 is 5.91 Å². The zero-order valence-electron chi connectivity index (χ0n) is 6.84. The maximum absolute atomic E-state index is 11.1. The summed E-state index contributed by atoms with van der Waals surface area (Å²) >= 11 is 0. The zero-order valence-corrected chi connectivity index (χ0v) is 6.84. The molecule has 0 spiro atoms. The molecule has 0 aromatic heterocycles. The molecular weight excluding hydrogens is 142 g/mol. The first-order valence-electron chi connectivity index (χ1n) is 4.15. The number of aliphatic hydroxyl groups excluding tert-OH is 1. The summed E-state index contributed by atoms with van der Waals surface area (Å²) in [5, 5.41) is 12.0. The van der Waals surface area contributed by atoms with Crippen LogP contribution in [0, 0.1) is 5.92 Å². The molecule has 0 aliphatic heterocycles. The Hall–Kier alpha value is -0.570. The second kappa shape index (κ2) is 3.72. The Morgan fingerprint density at radius 1 is 1.45 bits per heavy atom. The van der Waals surface area contributed by atoms with Gasteiger partial charge in [-0.2, -0.15) is 0 Å². The Kier molecular flexibility index (Phi) is 2.88. The number of hydrogen-bond acceptors (Lipinski definition) is 2. The van der Waals surface area contributed by atoms with Gasteiger partial charge in [-0.3, -0.25) is 4.79 Å². The molecule has 2 atom stereocenters. The topological polar surface area (TPSA) is 49.3 Å². The summed E-state index contributed by atoms with van der Waals surface area (Å²) in [4.78, 5) is 11.1. The Bertz CT molecular complexity index is 147. The summed E-state index contributed by atoms with van der Waals surface area (Å²) in [6.07, 6.45) is 3.31. The Labute approximate surface area is 66.8 Å². The standard InChI is InChI=1S/C8H15NO2/c1-9-8(11)6-4-2-3-5-7(6)10/h6-7,10H,2-5H2,1H3,(H,9,11)/t6-,7+/m0/s1. The van der Waals surface area contributed by atoms with Crippen molar-refractivity contribution in [2.75, 3.05) is 7.05 Å². The first-order valence-corrected chi connectivity index (χ1v) is 4.15. The summed E-state index contributed by atoms with van der Waals surface area (Å²) < 4.78 is 0. The van der Waals surface area contributed by atoms with E-state index in [9.17, 15) is 9.90 Å². The third-order valence-corrected chi connectivity index (χ3v) is 2.31. The molecule has 1 amide bonds. The van der Waals surface area contributed by atoms with Crippen molar-refractivity contribution in [1.29, 1.82) is 0 Å². The molecule has 1 aliphatic carbocycles. The smallest absolute Gasteiger partial charge is 0.225 e. The van der Waals surface area contributed by atoms with Crippen LogP contribution in [-0.4, -0.2) is 24.2 Å². The molecule has 3 heteroatoms. The van der Waals surface area contributed by atoms with Crippen LogP contribution in [-0.2, 0) is 4.79 Å². The Morgan fingerprint density at radius 2 is 2.09 bits per heavy atom. The summed E-state index contributed by atoms with van der Waals surface area (Å²) in [5.41, 5.74) is 0. The van der Waals surface area contributed by atoms with Crippen molar-refractivity contribution in [3.05, 3.63) is 0 Å². The van der Waals surface area contributed by atoms with Crippen LogP contribution in [0.3, 0.4) is 0 Å². The second-order valence-corrected chi connectivity index (χ2v) is 3.07. The average Bonchev–Trinajstić information content (AvgIpc) is 2.04. The third kappa shape index (κ3) is 1.93. The third-order valence-electron chi connectivity index (χ3n) is 2.31. The van der Waals surface area contributed by atoms with E-state index in [1.807, 2.05) is 0 Å². The second-order valence-electron chi connectivity index (χ2n) is 3.07. The highest BCUT2D eigenvalue weighted by atomic mass is 16.3. The molecule has 0 aromatic carbocycles. The summed E-state index contributed by atoms with van der Waals surface area (Å²) in [7, 11) is 1.61. The zero-order chi connectivity index (χ0) is 8.27. The number of aliphatic hydroxyl groups is 1. The van der Waals surface area contributed by atoms with Gasteiger partial charge in [-0.1, -0.05) is 12.8 Å². The van der Waals surface area contributed by atoms with Crippen LogP contribution in [0.15, 0.2) is 0 Å². The quantitative estimate of drug-likeness (QED) is 0.574. The lowest BCUT2D eigenvalue weighted by Gasteiger charge is -2.25. The molecule has 3 nitrogen and oxygen atoms in total. The molecule has 1 saturated carbocycles. The van der Waals surface area contributed by atoms with Crippen LogP contribution in [0.2, 0.25) is 0 Å². The minimum absolute atomic E-state index is 0.0165. The molecule has 0 saturated heterocycles. The van der Waals surface area contributed by atoms with E-state index in [1.54, 1.807) is 7.05 Å². The number of carbonyl (C=O) groups is 1. The van der Waals surface area contributed by atoms with Crippen molar-refractivity contribution in [1.82, 2.24) is 5.32 Å². The van der Waals surface area contributed by atoms with Crippen molar-refractivity contribution in [3.63, 3.8) is 0 Å². The molecule has 0 heterocycles. The average molecular weight is 157 g/mol. The van der Waals surface area contributed by atoms with Crippen LogP contribution in [0.25, 0.3) is 0 Å². The summed E-state index contributed by atoms with van der Waals surface area (Å²) in [6, 6.07) is 0. The maximum Gasteiger partial charge on any atom is 0.225 e. The fourth-order valence-electron chi connectivity index (χ4n) is 1.60. The van der Waals surface area contributed by atoms with Crippen molar-refractivity contribution in [2.24, 2.45) is 5.92 Å². The van der Waals surface area contributed by atoms with E-state index in [1.165, 1.54) is 0 Å². The van der Waals surface area contributed by atoms with Crippen molar-refractivity contribution in [2.45, 2.75) is 31.8 Å². The van der Waals surface area contributed by atoms with Crippen LogP contribution < -0.4 is 5.32 Å². The van der Waals surface area contributed by atoms with Gasteiger partial charge in [-0.25, -0.2) is 0 Å². The van der Waals surface area contributed by atoms with E-state index in [4.69, 9.17) is 0 Å². The van der Waals surface area contributed by atoms with Gasteiger partial charge in [0.05, 0.1) is 12.0 Å². The van der Waals surface area contributed by atoms with Gasteiger partial charge < -0.3 is 10.4 Å². The highest BCUT2D eigenvalue weighted by Gasteiger charge is 2.28. The number of amides is 1. The predicted molar refractivity (Wildman–Crippen MR) is 42.0 cm³/mol. The molecule has 1 rings (SSSR count). The Morgan fingerprint density at radius 3 is 2.64 bits per heavy atom. The number of nitrogens with one attached hydrogen (secondary N) is 1. The van der Waals surface area contributed by atoms with E-state index in [-0.39, 0.29) is 11.8 Å². The van der Waals surface area contributed by atoms with E-state index >= 15 is 0 Å². The van der Waals surface area contributed by atoms with Gasteiger partial charge in [0.25, 0.3) is 0 Å². The van der Waals surface area contributed by atoms with Gasteiger partial charge in [0.2, 0.25) is 5.91 Å². The van der Waals surface area contributed by atoms with E-state index in [0.717, 1.165) is 25.7 Å². The molecule has 11 heavy (non-hydrogen) atoms. The molecule has 1 aliphatic rings. The number of hydrogen-bond donors (Lipinski definition) is 2. The van der Waals surface area contributed by atoms with Gasteiger partial charge >= 0.3 is 0 Å². The van der Waals surface area contributed by atoms with Gasteiger partial charge in [0.15, 0.2) is 0 Å². The van der Waals surface area contributed by atoms with Gasteiger partial charge in [-0.15, -0.1) is 0 Å². The molecule has 1 fully saturated rings. The minimum atomic E-state index is -0.413. The molecule has 0 aromatic rings. The van der Waals surface area contributed by atoms with Crippen molar-refractivity contribution in [3.8, 4) is 0 Å². The molecular formula is C8H15NO2. The molecule has 64 valence electrons. The highest BCUT2D eigenvalue weighted by molar-refractivity contribution is 5.78. The van der Waals surface area contributed by atoms with E-state index < -0.39 is 6.10 Å². The van der Waals surface area contributed by atoms with E-state index in [0.29, 0.717) is 0 Å². The molecule has 0 unspecified atom stereocenters. The first kappa shape index (κ1) is 8.53. The van der Waals surface area contributed by atoms with Crippen LogP contribution in [0.1, 0.15) is 25.7 Å². The van der Waals surface area contributed by atoms with Gasteiger partial charge in [0, 0.05) is 7.05 Å². The van der Waals surface area contributed by atoms with Gasteiger partial charge in [0.1, 0.15) is 0 Å². The fourth-order valence-corrected chi connectivity index (χ4v) is 1.60. The lowest BCUT2D eigenvalue weighted by atomic mass is 9.86. The number of rotatable bonds is 1. The largest absolute Gasteiger partial charge is 0.392 e. The molecule has 2 N–H and O–H groups in total. The van der Waals surface area contributed by atoms with E-state index in [2.05, 4.69) is 5.32 Å². The van der Waals surface area contributed by atoms with Crippen LogP contribution in [0.4, 0.5) is 0 Å². The maximum atomic E-state index is 11.1. The van der Waals surface area contributed by atoms with Gasteiger partial charge in [-0.05, 0) is 12.8 Å². The molecule has 0 bridgehead atoms. The van der Waals surface area contributed by atoms with Crippen LogP contribution >= 0.6 is 0 Å². The lowest BCUT2D eigenvalue weighted by molar-refractivity contribution is -0.129. The van der Waals surface area contributed by atoms with Crippen molar-refractivity contribution < 1.29 is 9.90 Å². The summed E-state index contributed by atoms with van der Waals surface area (Å²) in [5.74, 6) is -0.175. The normalized spacial score (nSPS) is 31.5. The first-order chi connectivity index (χ1) is 5.25. The molecule has 0 radical (unpaired) electrons. The predicted octanol–water partition coefficient (Wildman–Crippen LogP) is 0.283. The fraction of sp³-hybridized carbons (Fsp3) is 0.875. The Balaban J connectivity index is 2.47. The highest BCUT2D eigenvalue weighted by Crippen LogP contribution is 2.23. The van der Waals surface area contributed by atoms with Crippen LogP contribution in [0.5, 0.6) is 0 Å². The lowest BCUT2D eigenvalue weighted by Crippen LogP contribution is -2.37. The summed E-state index contributed by atoms with van der Waals surface area (Å²) in [6.45, 7) is 0. The minimum Gasteiger partial charge on any atom is -0.392 e.